The zero-order valence-corrected chi connectivity index (χ0v) is 21.6. The van der Waals surface area contributed by atoms with Crippen molar-refractivity contribution in [2.45, 2.75) is 72.1 Å². The molecule has 0 aliphatic heterocycles. The van der Waals surface area contributed by atoms with Crippen molar-refractivity contribution in [2.75, 3.05) is 6.16 Å². The Balaban J connectivity index is 1.85. The molecule has 1 aromatic heterocycles. The second-order valence-corrected chi connectivity index (χ2v) is 11.3. The molecular formula is C25H34N3O6P. The Morgan fingerprint density at radius 1 is 1.20 bits per heavy atom. The fourth-order valence-corrected chi connectivity index (χ4v) is 5.94. The number of aryl methyl sites for hydroxylation is 1. The Bertz CT molecular complexity index is 1250. The Hall–Kier alpha value is -2.90. The predicted octanol–water partition coefficient (Wildman–Crippen LogP) is 3.56. The second kappa shape index (κ2) is 11.7. The van der Waals surface area contributed by atoms with Gasteiger partial charge in [-0.15, -0.1) is 0 Å². The van der Waals surface area contributed by atoms with Crippen molar-refractivity contribution in [3.63, 3.8) is 0 Å². The number of carbonyl (C=O) groups is 1. The summed E-state index contributed by atoms with van der Waals surface area (Å²) >= 11 is 0. The van der Waals surface area contributed by atoms with Crippen molar-refractivity contribution in [3.8, 4) is 5.75 Å². The van der Waals surface area contributed by atoms with Crippen LogP contribution in [0.25, 0.3) is 0 Å². The fraction of sp³-hybridized carbons (Fsp3) is 0.480. The van der Waals surface area contributed by atoms with Crippen molar-refractivity contribution >= 4 is 13.5 Å². The smallest absolute Gasteiger partial charge is 0.328 e. The van der Waals surface area contributed by atoms with Crippen LogP contribution in [0.3, 0.4) is 0 Å². The average Bonchev–Trinajstić information content (AvgIpc) is 2.79. The average molecular weight is 504 g/mol. The van der Waals surface area contributed by atoms with Crippen LogP contribution in [-0.4, -0.2) is 33.8 Å². The van der Waals surface area contributed by atoms with E-state index in [9.17, 15) is 18.9 Å². The summed E-state index contributed by atoms with van der Waals surface area (Å²) in [5.41, 5.74) is 2.00. The molecule has 1 aliphatic rings. The molecule has 0 spiro atoms. The van der Waals surface area contributed by atoms with Crippen molar-refractivity contribution < 1.29 is 18.6 Å². The van der Waals surface area contributed by atoms with Gasteiger partial charge in [0, 0.05) is 18.8 Å². The third kappa shape index (κ3) is 7.54. The molecule has 2 atom stereocenters. The number of hydrogen-bond donors (Lipinski definition) is 2. The molecule has 1 heterocycles. The highest BCUT2D eigenvalue weighted by Crippen LogP contribution is 2.46. The highest BCUT2D eigenvalue weighted by Gasteiger charge is 2.31. The first-order valence-electron chi connectivity index (χ1n) is 11.9. The lowest BCUT2D eigenvalue weighted by Gasteiger charge is -2.26. The van der Waals surface area contributed by atoms with Crippen molar-refractivity contribution in [2.24, 2.45) is 0 Å². The SMILES string of the molecule is C/C(=C\CP(=O)(N[C@@H](C)C(=O)OC(C)C)Oc1cccc2c1CCCC2)Cn1ccc(=O)[nH]c1=O. The topological polar surface area (TPSA) is 119 Å². The number of fused-ring (bicyclic) bond motifs is 1. The molecule has 1 aromatic carbocycles. The third-order valence-corrected chi connectivity index (χ3v) is 7.63. The Morgan fingerprint density at radius 2 is 1.94 bits per heavy atom. The molecule has 1 unspecified atom stereocenters. The Labute approximate surface area is 205 Å². The largest absolute Gasteiger partial charge is 0.462 e. The molecule has 9 nitrogen and oxygen atoms in total. The Morgan fingerprint density at radius 3 is 2.66 bits per heavy atom. The van der Waals surface area contributed by atoms with Crippen LogP contribution in [-0.2, 0) is 33.5 Å². The number of benzene rings is 1. The van der Waals surface area contributed by atoms with Crippen LogP contribution in [0, 0.1) is 0 Å². The summed E-state index contributed by atoms with van der Waals surface area (Å²) in [4.78, 5) is 37.9. The first-order chi connectivity index (χ1) is 16.6. The number of allylic oxidation sites excluding steroid dienone is 2. The van der Waals surface area contributed by atoms with Crippen molar-refractivity contribution in [1.29, 1.82) is 0 Å². The van der Waals surface area contributed by atoms with Gasteiger partial charge in [0.2, 0.25) is 0 Å². The van der Waals surface area contributed by atoms with E-state index in [2.05, 4.69) is 16.1 Å². The standard InChI is InChI=1S/C25H34N3O6P/c1-17(2)33-24(30)19(4)27-35(32,34-22-11-7-9-20-8-5-6-10-21(20)22)15-13-18(3)16-28-14-12-23(29)26-25(28)31/h7,9,11-14,17,19H,5-6,8,10,15-16H2,1-4H3,(H,27,32)(H,26,29,31)/b18-13+/t19-,35?/m0/s1. The highest BCUT2D eigenvalue weighted by atomic mass is 31.2. The van der Waals surface area contributed by atoms with Gasteiger partial charge in [-0.1, -0.05) is 23.8 Å². The van der Waals surface area contributed by atoms with Crippen LogP contribution in [0.4, 0.5) is 0 Å². The summed E-state index contributed by atoms with van der Waals surface area (Å²) in [5, 5.41) is 2.89. The lowest BCUT2D eigenvalue weighted by molar-refractivity contribution is -0.149. The summed E-state index contributed by atoms with van der Waals surface area (Å²) in [5.74, 6) is 0.0461. The normalized spacial score (nSPS) is 16.3. The van der Waals surface area contributed by atoms with E-state index in [-0.39, 0.29) is 18.8 Å². The number of aromatic amines is 1. The zero-order valence-electron chi connectivity index (χ0n) is 20.7. The van der Waals surface area contributed by atoms with E-state index in [1.807, 2.05) is 12.1 Å². The molecule has 190 valence electrons. The van der Waals surface area contributed by atoms with E-state index in [1.54, 1.807) is 33.8 Å². The van der Waals surface area contributed by atoms with Crippen LogP contribution in [0.15, 0.2) is 51.7 Å². The van der Waals surface area contributed by atoms with Crippen LogP contribution in [0.1, 0.15) is 51.7 Å². The minimum absolute atomic E-state index is 0.0000958. The first kappa shape index (κ1) is 26.7. The van der Waals surface area contributed by atoms with Crippen molar-refractivity contribution in [1.82, 2.24) is 14.6 Å². The molecule has 0 bridgehead atoms. The number of nitrogens with one attached hydrogen (secondary N) is 2. The minimum Gasteiger partial charge on any atom is -0.462 e. The van der Waals surface area contributed by atoms with E-state index in [1.165, 1.54) is 22.4 Å². The third-order valence-electron chi connectivity index (χ3n) is 5.69. The molecule has 0 saturated heterocycles. The molecule has 0 amide bonds. The molecule has 35 heavy (non-hydrogen) atoms. The number of H-pyrrole nitrogens is 1. The number of hydrogen-bond acceptors (Lipinski definition) is 6. The van der Waals surface area contributed by atoms with Crippen LogP contribution in [0.5, 0.6) is 5.75 Å². The van der Waals surface area contributed by atoms with E-state index >= 15 is 0 Å². The summed E-state index contributed by atoms with van der Waals surface area (Å²) < 4.78 is 26.8. The van der Waals surface area contributed by atoms with Crippen LogP contribution < -0.4 is 20.9 Å². The molecule has 0 fully saturated rings. The Kier molecular flexibility index (Phi) is 8.92. The van der Waals surface area contributed by atoms with Gasteiger partial charge in [-0.25, -0.2) is 9.88 Å². The number of nitrogens with zero attached hydrogens (tertiary/aromatic N) is 1. The van der Waals surface area contributed by atoms with Crippen molar-refractivity contribution in [3.05, 3.63) is 74.1 Å². The zero-order chi connectivity index (χ0) is 25.6. The summed E-state index contributed by atoms with van der Waals surface area (Å²) in [6.07, 6.45) is 6.78. The summed E-state index contributed by atoms with van der Waals surface area (Å²) in [6, 6.07) is 6.19. The maximum absolute atomic E-state index is 14.0. The highest BCUT2D eigenvalue weighted by molar-refractivity contribution is 7.57. The molecule has 0 saturated carbocycles. The number of aromatic nitrogens is 2. The van der Waals surface area contributed by atoms with Gasteiger partial charge >= 0.3 is 19.2 Å². The van der Waals surface area contributed by atoms with Gasteiger partial charge in [0.25, 0.3) is 5.56 Å². The number of carbonyl (C=O) groups excluding carboxylic acids is 1. The lowest BCUT2D eigenvalue weighted by atomic mass is 9.91. The molecular weight excluding hydrogens is 469 g/mol. The van der Waals surface area contributed by atoms with E-state index in [0.29, 0.717) is 5.75 Å². The predicted molar refractivity (Wildman–Crippen MR) is 135 cm³/mol. The quantitative estimate of drug-likeness (QED) is 0.289. The second-order valence-electron chi connectivity index (χ2n) is 9.17. The van der Waals surface area contributed by atoms with Gasteiger partial charge in [0.05, 0.1) is 12.3 Å². The number of rotatable bonds is 10. The molecule has 2 N–H and O–H groups in total. The van der Waals surface area contributed by atoms with Gasteiger partial charge in [-0.3, -0.25) is 23.7 Å². The number of esters is 1. The van der Waals surface area contributed by atoms with Crippen LogP contribution >= 0.6 is 7.52 Å². The molecule has 3 rings (SSSR count). The fourth-order valence-electron chi connectivity index (χ4n) is 3.97. The minimum atomic E-state index is -3.59. The lowest BCUT2D eigenvalue weighted by Crippen LogP contribution is -2.36. The molecule has 2 aromatic rings. The molecule has 0 radical (unpaired) electrons. The van der Waals surface area contributed by atoms with Gasteiger partial charge in [0.15, 0.2) is 0 Å². The van der Waals surface area contributed by atoms with Crippen LogP contribution in [0.2, 0.25) is 0 Å². The number of ether oxygens (including phenoxy) is 1. The van der Waals surface area contributed by atoms with E-state index in [0.717, 1.165) is 36.8 Å². The maximum atomic E-state index is 14.0. The summed E-state index contributed by atoms with van der Waals surface area (Å²) in [7, 11) is -3.59. The van der Waals surface area contributed by atoms with Gasteiger partial charge in [0.1, 0.15) is 11.8 Å². The molecule has 1 aliphatic carbocycles. The maximum Gasteiger partial charge on any atom is 0.328 e. The molecule has 10 heteroatoms. The monoisotopic (exact) mass is 503 g/mol. The van der Waals surface area contributed by atoms with Gasteiger partial charge in [-0.05, 0) is 70.6 Å². The summed E-state index contributed by atoms with van der Waals surface area (Å²) in [6.45, 7) is 7.10. The van der Waals surface area contributed by atoms with Gasteiger partial charge in [-0.2, -0.15) is 0 Å². The first-order valence-corrected chi connectivity index (χ1v) is 13.7. The van der Waals surface area contributed by atoms with E-state index < -0.39 is 30.8 Å². The van der Waals surface area contributed by atoms with Gasteiger partial charge < -0.3 is 9.26 Å². The van der Waals surface area contributed by atoms with E-state index in [4.69, 9.17) is 9.26 Å².